The van der Waals surface area contributed by atoms with Gasteiger partial charge in [0.15, 0.2) is 11.5 Å². The van der Waals surface area contributed by atoms with Gasteiger partial charge in [-0.3, -0.25) is 4.79 Å². The molecule has 1 aromatic carbocycles. The van der Waals surface area contributed by atoms with E-state index < -0.39 is 11.4 Å². The van der Waals surface area contributed by atoms with Crippen molar-refractivity contribution in [2.24, 2.45) is 11.1 Å². The largest absolute Gasteiger partial charge is 0.490 e. The van der Waals surface area contributed by atoms with Gasteiger partial charge in [0.25, 0.3) is 0 Å². The van der Waals surface area contributed by atoms with Gasteiger partial charge in [-0.2, -0.15) is 0 Å². The fourth-order valence-corrected chi connectivity index (χ4v) is 1.58. The lowest BCUT2D eigenvalue weighted by molar-refractivity contribution is -0.148. The molecule has 0 aliphatic carbocycles. The summed E-state index contributed by atoms with van der Waals surface area (Å²) in [5, 5.41) is 9.08. The van der Waals surface area contributed by atoms with E-state index in [4.69, 9.17) is 20.3 Å². The molecule has 0 spiro atoms. The molecule has 0 unspecified atom stereocenters. The van der Waals surface area contributed by atoms with E-state index in [1.165, 1.54) is 0 Å². The Balaban J connectivity index is 2.85. The van der Waals surface area contributed by atoms with Gasteiger partial charge in [-0.1, -0.05) is 6.07 Å². The Morgan fingerprint density at radius 1 is 1.30 bits per heavy atom. The first-order valence-corrected chi connectivity index (χ1v) is 6.72. The molecule has 0 fully saturated rings. The van der Waals surface area contributed by atoms with Gasteiger partial charge in [0, 0.05) is 0 Å². The van der Waals surface area contributed by atoms with Crippen LogP contribution in [-0.2, 0) is 11.2 Å². The molecule has 0 aliphatic rings. The van der Waals surface area contributed by atoms with Crippen molar-refractivity contribution in [3.8, 4) is 11.5 Å². The summed E-state index contributed by atoms with van der Waals surface area (Å²) in [7, 11) is 0. The van der Waals surface area contributed by atoms with E-state index in [1.807, 2.05) is 19.1 Å². The number of rotatable bonds is 8. The zero-order chi connectivity index (χ0) is 15.2. The third-order valence-electron chi connectivity index (χ3n) is 2.91. The van der Waals surface area contributed by atoms with Crippen molar-refractivity contribution in [3.63, 3.8) is 0 Å². The van der Waals surface area contributed by atoms with E-state index in [0.717, 1.165) is 12.0 Å². The van der Waals surface area contributed by atoms with Crippen LogP contribution in [0.4, 0.5) is 0 Å². The smallest absolute Gasteiger partial charge is 0.312 e. The van der Waals surface area contributed by atoms with Crippen molar-refractivity contribution in [1.82, 2.24) is 0 Å². The topological polar surface area (TPSA) is 81.8 Å². The molecule has 0 atom stereocenters. The molecule has 0 bridgehead atoms. The predicted octanol–water partition coefficient (Wildman–Crippen LogP) is 2.08. The zero-order valence-corrected chi connectivity index (χ0v) is 12.3. The normalized spacial score (nSPS) is 11.2. The molecule has 0 amide bonds. The number of carboxylic acid groups (broad SMARTS) is 1. The van der Waals surface area contributed by atoms with Gasteiger partial charge in [-0.05, 0) is 51.4 Å². The average molecular weight is 281 g/mol. The number of ether oxygens (including phenoxy) is 2. The van der Waals surface area contributed by atoms with Crippen LogP contribution in [0.3, 0.4) is 0 Å². The highest BCUT2D eigenvalue weighted by Gasteiger charge is 2.28. The molecule has 112 valence electrons. The summed E-state index contributed by atoms with van der Waals surface area (Å²) >= 11 is 0. The summed E-state index contributed by atoms with van der Waals surface area (Å²) in [4.78, 5) is 11.1. The summed E-state index contributed by atoms with van der Waals surface area (Å²) < 4.78 is 11.1. The summed E-state index contributed by atoms with van der Waals surface area (Å²) in [6, 6.07) is 5.60. The first-order valence-electron chi connectivity index (χ1n) is 6.72. The van der Waals surface area contributed by atoms with Gasteiger partial charge < -0.3 is 20.3 Å². The summed E-state index contributed by atoms with van der Waals surface area (Å²) in [5.41, 5.74) is 5.66. The summed E-state index contributed by atoms with van der Waals surface area (Å²) in [5.74, 6) is 0.289. The Kier molecular flexibility index (Phi) is 5.82. The van der Waals surface area contributed by atoms with Crippen LogP contribution in [0.15, 0.2) is 18.2 Å². The van der Waals surface area contributed by atoms with Crippen LogP contribution in [0.1, 0.15) is 26.3 Å². The van der Waals surface area contributed by atoms with Gasteiger partial charge in [0.05, 0.1) is 12.0 Å². The first-order chi connectivity index (χ1) is 9.40. The molecule has 0 aliphatic heterocycles. The van der Waals surface area contributed by atoms with Crippen LogP contribution in [-0.4, -0.2) is 30.8 Å². The van der Waals surface area contributed by atoms with Crippen LogP contribution < -0.4 is 15.2 Å². The first kappa shape index (κ1) is 16.3. The minimum absolute atomic E-state index is 0.0820. The third kappa shape index (κ3) is 4.42. The molecule has 5 nitrogen and oxygen atoms in total. The van der Waals surface area contributed by atoms with E-state index in [1.54, 1.807) is 19.9 Å². The van der Waals surface area contributed by atoms with Crippen LogP contribution in [0.25, 0.3) is 0 Å². The molecule has 5 heteroatoms. The quantitative estimate of drug-likeness (QED) is 0.762. The molecule has 1 rings (SSSR count). The Bertz CT molecular complexity index is 457. The predicted molar refractivity (Wildman–Crippen MR) is 77.3 cm³/mol. The molecule has 0 saturated heterocycles. The van der Waals surface area contributed by atoms with Gasteiger partial charge in [0.1, 0.15) is 6.61 Å². The monoisotopic (exact) mass is 281 g/mol. The molecule has 1 aromatic rings. The van der Waals surface area contributed by atoms with Gasteiger partial charge in [0.2, 0.25) is 0 Å². The Hall–Kier alpha value is -1.75. The SMILES string of the molecule is CCOc1cc(CCN)ccc1OCC(C)(C)C(=O)O. The molecular formula is C15H23NO4. The lowest BCUT2D eigenvalue weighted by atomic mass is 9.95. The van der Waals surface area contributed by atoms with E-state index in [-0.39, 0.29) is 6.61 Å². The van der Waals surface area contributed by atoms with Gasteiger partial charge >= 0.3 is 5.97 Å². The maximum absolute atomic E-state index is 11.1. The number of hydrogen-bond donors (Lipinski definition) is 2. The minimum atomic E-state index is -0.945. The molecule has 0 aromatic heterocycles. The maximum atomic E-state index is 11.1. The Morgan fingerprint density at radius 2 is 2.00 bits per heavy atom. The highest BCUT2D eigenvalue weighted by molar-refractivity contribution is 5.73. The Labute approximate surface area is 119 Å². The van der Waals surface area contributed by atoms with Crippen molar-refractivity contribution in [1.29, 1.82) is 0 Å². The van der Waals surface area contributed by atoms with Crippen molar-refractivity contribution >= 4 is 5.97 Å². The summed E-state index contributed by atoms with van der Waals surface area (Å²) in [6.07, 6.45) is 0.765. The lowest BCUT2D eigenvalue weighted by Gasteiger charge is -2.21. The highest BCUT2D eigenvalue weighted by atomic mass is 16.5. The number of carbonyl (C=O) groups is 1. The number of benzene rings is 1. The van der Waals surface area contributed by atoms with Crippen LogP contribution >= 0.6 is 0 Å². The van der Waals surface area contributed by atoms with Crippen LogP contribution in [0.5, 0.6) is 11.5 Å². The molecule has 0 radical (unpaired) electrons. The van der Waals surface area contributed by atoms with Gasteiger partial charge in [-0.25, -0.2) is 0 Å². The fourth-order valence-electron chi connectivity index (χ4n) is 1.58. The number of carboxylic acids is 1. The third-order valence-corrected chi connectivity index (χ3v) is 2.91. The van der Waals surface area contributed by atoms with E-state index in [2.05, 4.69) is 0 Å². The van der Waals surface area contributed by atoms with E-state index in [9.17, 15) is 4.79 Å². The second kappa shape index (κ2) is 7.14. The maximum Gasteiger partial charge on any atom is 0.312 e. The molecule has 3 N–H and O–H groups in total. The number of aliphatic carboxylic acids is 1. The molecule has 20 heavy (non-hydrogen) atoms. The lowest BCUT2D eigenvalue weighted by Crippen LogP contribution is -2.30. The molecule has 0 heterocycles. The second-order valence-corrected chi connectivity index (χ2v) is 5.23. The number of hydrogen-bond acceptors (Lipinski definition) is 4. The fraction of sp³-hybridized carbons (Fsp3) is 0.533. The zero-order valence-electron chi connectivity index (χ0n) is 12.3. The summed E-state index contributed by atoms with van der Waals surface area (Å²) in [6.45, 7) is 6.30. The Morgan fingerprint density at radius 3 is 2.55 bits per heavy atom. The van der Waals surface area contributed by atoms with Crippen molar-refractivity contribution in [3.05, 3.63) is 23.8 Å². The van der Waals surface area contributed by atoms with Crippen LogP contribution in [0.2, 0.25) is 0 Å². The number of nitrogens with two attached hydrogens (primary N) is 1. The molecule has 0 saturated carbocycles. The van der Waals surface area contributed by atoms with Crippen LogP contribution in [0, 0.1) is 5.41 Å². The van der Waals surface area contributed by atoms with Crippen molar-refractivity contribution < 1.29 is 19.4 Å². The van der Waals surface area contributed by atoms with Gasteiger partial charge in [-0.15, -0.1) is 0 Å². The van der Waals surface area contributed by atoms with Crippen molar-refractivity contribution in [2.45, 2.75) is 27.2 Å². The standard InChI is InChI=1S/C15H23NO4/c1-4-19-13-9-11(7-8-16)5-6-12(13)20-10-15(2,3)14(17)18/h5-6,9H,4,7-8,10,16H2,1-3H3,(H,17,18). The van der Waals surface area contributed by atoms with E-state index in [0.29, 0.717) is 24.7 Å². The average Bonchev–Trinajstić information content (AvgIpc) is 2.38. The minimum Gasteiger partial charge on any atom is -0.490 e. The highest BCUT2D eigenvalue weighted by Crippen LogP contribution is 2.30. The molecular weight excluding hydrogens is 258 g/mol. The van der Waals surface area contributed by atoms with Crippen molar-refractivity contribution in [2.75, 3.05) is 19.8 Å². The second-order valence-electron chi connectivity index (χ2n) is 5.23. The van der Waals surface area contributed by atoms with E-state index >= 15 is 0 Å².